The molecule has 0 aliphatic carbocycles. The summed E-state index contributed by atoms with van der Waals surface area (Å²) >= 11 is 0. The van der Waals surface area contributed by atoms with Crippen LogP contribution >= 0.6 is 0 Å². The van der Waals surface area contributed by atoms with E-state index in [-0.39, 0.29) is 5.56 Å². The molecule has 1 aliphatic rings. The number of hydrogen-bond donors (Lipinski definition) is 0. The van der Waals surface area contributed by atoms with Crippen LogP contribution in [0.2, 0.25) is 0 Å². The van der Waals surface area contributed by atoms with Crippen LogP contribution in [0, 0.1) is 13.8 Å². The van der Waals surface area contributed by atoms with Crippen LogP contribution in [0.15, 0.2) is 39.6 Å². The molecule has 27 heavy (non-hydrogen) atoms. The molecule has 0 amide bonds. The van der Waals surface area contributed by atoms with Gasteiger partial charge < -0.3 is 4.52 Å². The van der Waals surface area contributed by atoms with E-state index in [0.717, 1.165) is 48.7 Å². The van der Waals surface area contributed by atoms with Gasteiger partial charge in [-0.25, -0.2) is 4.68 Å². The molecular formula is C20H25N5O2. The fraction of sp³-hybridized carbons (Fsp3) is 0.450. The second-order valence-corrected chi connectivity index (χ2v) is 7.26. The molecule has 0 bridgehead atoms. The highest BCUT2D eigenvalue weighted by Crippen LogP contribution is 2.26. The highest BCUT2D eigenvalue weighted by atomic mass is 16.5. The summed E-state index contributed by atoms with van der Waals surface area (Å²) in [6, 6.07) is 9.79. The molecule has 0 N–H and O–H groups in total. The zero-order valence-corrected chi connectivity index (χ0v) is 16.1. The van der Waals surface area contributed by atoms with Crippen LogP contribution in [-0.2, 0) is 13.6 Å². The van der Waals surface area contributed by atoms with Gasteiger partial charge in [-0.15, -0.1) is 0 Å². The van der Waals surface area contributed by atoms with Gasteiger partial charge in [-0.3, -0.25) is 14.4 Å². The zero-order valence-electron chi connectivity index (χ0n) is 16.1. The smallest absolute Gasteiger partial charge is 0.276 e. The van der Waals surface area contributed by atoms with E-state index < -0.39 is 0 Å². The van der Waals surface area contributed by atoms with Crippen LogP contribution in [0.25, 0.3) is 5.69 Å². The summed E-state index contributed by atoms with van der Waals surface area (Å²) in [6.07, 6.45) is 1.97. The predicted molar refractivity (Wildman–Crippen MR) is 102 cm³/mol. The molecule has 1 saturated heterocycles. The first kappa shape index (κ1) is 17.7. The van der Waals surface area contributed by atoms with Gasteiger partial charge in [-0.2, -0.15) is 4.98 Å². The number of nitrogens with zero attached hydrogens (tertiary/aromatic N) is 5. The maximum Gasteiger partial charge on any atom is 0.276 e. The lowest BCUT2D eigenvalue weighted by Crippen LogP contribution is -2.34. The molecule has 1 aromatic carbocycles. The number of rotatable bonds is 4. The van der Waals surface area contributed by atoms with Gasteiger partial charge in [0.2, 0.25) is 5.89 Å². The van der Waals surface area contributed by atoms with Gasteiger partial charge in [0.1, 0.15) is 0 Å². The van der Waals surface area contributed by atoms with E-state index in [0.29, 0.717) is 18.4 Å². The monoisotopic (exact) mass is 367 g/mol. The molecule has 7 heteroatoms. The molecule has 1 fully saturated rings. The van der Waals surface area contributed by atoms with Crippen molar-refractivity contribution in [3.8, 4) is 5.69 Å². The third kappa shape index (κ3) is 3.35. The molecule has 3 aromatic rings. The molecule has 0 atom stereocenters. The Hall–Kier alpha value is -2.67. The Balaban J connectivity index is 1.50. The van der Waals surface area contributed by atoms with E-state index in [1.807, 2.05) is 55.9 Å². The first-order valence-corrected chi connectivity index (χ1v) is 9.40. The van der Waals surface area contributed by atoms with Crippen LogP contribution in [0.1, 0.15) is 41.7 Å². The minimum atomic E-state index is 0.0668. The standard InChI is InChI=1S/C20H25N5O2/c1-14-18(20(26)25(23(14)3)17-7-5-4-6-8-17)13-24-11-9-16(10-12-24)19-21-15(2)27-22-19/h4-8,16H,9-13H2,1-3H3. The molecule has 0 saturated carbocycles. The van der Waals surface area contributed by atoms with E-state index >= 15 is 0 Å². The van der Waals surface area contributed by atoms with Gasteiger partial charge in [-0.05, 0) is 45.0 Å². The average Bonchev–Trinajstić information content (AvgIpc) is 3.20. The number of aromatic nitrogens is 4. The maximum atomic E-state index is 13.1. The number of hydrogen-bond acceptors (Lipinski definition) is 5. The lowest BCUT2D eigenvalue weighted by atomic mass is 9.96. The SMILES string of the molecule is Cc1nc(C2CCN(Cc3c(C)n(C)n(-c4ccccc4)c3=O)CC2)no1. The molecule has 3 heterocycles. The van der Waals surface area contributed by atoms with Crippen molar-refractivity contribution in [2.24, 2.45) is 7.05 Å². The largest absolute Gasteiger partial charge is 0.340 e. The normalized spacial score (nSPS) is 16.1. The van der Waals surface area contributed by atoms with Gasteiger partial charge in [0.05, 0.1) is 11.3 Å². The number of likely N-dealkylation sites (tertiary alicyclic amines) is 1. The third-order valence-corrected chi connectivity index (χ3v) is 5.55. The van der Waals surface area contributed by atoms with Crippen LogP contribution in [0.4, 0.5) is 0 Å². The predicted octanol–water partition coefficient (Wildman–Crippen LogP) is 2.56. The molecule has 0 radical (unpaired) electrons. The first-order valence-electron chi connectivity index (χ1n) is 9.40. The highest BCUT2D eigenvalue weighted by Gasteiger charge is 2.26. The quantitative estimate of drug-likeness (QED) is 0.709. The van der Waals surface area contributed by atoms with Crippen LogP contribution in [0.5, 0.6) is 0 Å². The maximum absolute atomic E-state index is 13.1. The number of aryl methyl sites for hydroxylation is 1. The Morgan fingerprint density at radius 1 is 1.15 bits per heavy atom. The van der Waals surface area contributed by atoms with Crippen molar-refractivity contribution in [2.75, 3.05) is 13.1 Å². The third-order valence-electron chi connectivity index (χ3n) is 5.55. The average molecular weight is 367 g/mol. The fourth-order valence-corrected chi connectivity index (χ4v) is 3.86. The molecule has 1 aliphatic heterocycles. The lowest BCUT2D eigenvalue weighted by Gasteiger charge is -2.30. The molecular weight excluding hydrogens is 342 g/mol. The summed E-state index contributed by atoms with van der Waals surface area (Å²) in [5.74, 6) is 1.78. The molecule has 4 rings (SSSR count). The van der Waals surface area contributed by atoms with Gasteiger partial charge in [-0.1, -0.05) is 23.4 Å². The Morgan fingerprint density at radius 3 is 2.48 bits per heavy atom. The van der Waals surface area contributed by atoms with Crippen molar-refractivity contribution < 1.29 is 4.52 Å². The second-order valence-electron chi connectivity index (χ2n) is 7.26. The van der Waals surface area contributed by atoms with E-state index in [2.05, 4.69) is 15.0 Å². The minimum Gasteiger partial charge on any atom is -0.340 e. The molecule has 0 unspecified atom stereocenters. The Labute approximate surface area is 158 Å². The van der Waals surface area contributed by atoms with E-state index in [9.17, 15) is 4.79 Å². The summed E-state index contributed by atoms with van der Waals surface area (Å²) in [4.78, 5) is 19.8. The lowest BCUT2D eigenvalue weighted by molar-refractivity contribution is 0.199. The number of benzene rings is 1. The molecule has 0 spiro atoms. The molecule has 142 valence electrons. The summed E-state index contributed by atoms with van der Waals surface area (Å²) in [5, 5.41) is 4.06. The van der Waals surface area contributed by atoms with Gasteiger partial charge in [0.15, 0.2) is 5.82 Å². The summed E-state index contributed by atoms with van der Waals surface area (Å²) in [5.41, 5.74) is 2.85. The molecule has 2 aromatic heterocycles. The van der Waals surface area contributed by atoms with E-state index in [1.54, 1.807) is 4.68 Å². The highest BCUT2D eigenvalue weighted by molar-refractivity contribution is 5.33. The Bertz CT molecular complexity index is 978. The fourth-order valence-electron chi connectivity index (χ4n) is 3.86. The zero-order chi connectivity index (χ0) is 19.0. The topological polar surface area (TPSA) is 69.1 Å². The van der Waals surface area contributed by atoms with Gasteiger partial charge >= 0.3 is 0 Å². The van der Waals surface area contributed by atoms with Crippen molar-refractivity contribution in [1.82, 2.24) is 24.4 Å². The van der Waals surface area contributed by atoms with Gasteiger partial charge in [0.25, 0.3) is 5.56 Å². The Kier molecular flexibility index (Phi) is 4.70. The van der Waals surface area contributed by atoms with Crippen LogP contribution in [0.3, 0.4) is 0 Å². The van der Waals surface area contributed by atoms with Crippen LogP contribution in [-0.4, -0.2) is 37.5 Å². The second kappa shape index (κ2) is 7.15. The number of piperidine rings is 1. The van der Waals surface area contributed by atoms with Crippen molar-refractivity contribution in [3.63, 3.8) is 0 Å². The summed E-state index contributed by atoms with van der Waals surface area (Å²) < 4.78 is 8.80. The van der Waals surface area contributed by atoms with E-state index in [1.165, 1.54) is 0 Å². The van der Waals surface area contributed by atoms with E-state index in [4.69, 9.17) is 4.52 Å². The minimum absolute atomic E-state index is 0.0668. The first-order chi connectivity index (χ1) is 13.0. The van der Waals surface area contributed by atoms with Crippen molar-refractivity contribution in [3.05, 3.63) is 63.7 Å². The van der Waals surface area contributed by atoms with Crippen molar-refractivity contribution >= 4 is 0 Å². The Morgan fingerprint density at radius 2 is 1.85 bits per heavy atom. The summed E-state index contributed by atoms with van der Waals surface area (Å²) in [7, 11) is 1.94. The van der Waals surface area contributed by atoms with Crippen molar-refractivity contribution in [2.45, 2.75) is 39.2 Å². The van der Waals surface area contributed by atoms with Crippen LogP contribution < -0.4 is 5.56 Å². The van der Waals surface area contributed by atoms with Crippen molar-refractivity contribution in [1.29, 1.82) is 0 Å². The van der Waals surface area contributed by atoms with Gasteiger partial charge in [0, 0.05) is 32.1 Å². The summed E-state index contributed by atoms with van der Waals surface area (Å²) in [6.45, 7) is 6.37. The molecule has 7 nitrogen and oxygen atoms in total. The number of para-hydroxylation sites is 1.